The molecule has 0 bridgehead atoms. The average molecular weight is 233 g/mol. The predicted molar refractivity (Wildman–Crippen MR) is 68.4 cm³/mol. The third-order valence-electron chi connectivity index (χ3n) is 3.36. The molecule has 1 unspecified atom stereocenters. The molecule has 92 valence electrons. The van der Waals surface area contributed by atoms with Crippen LogP contribution in [0.4, 0.5) is 0 Å². The number of aromatic hydroxyl groups is 2. The number of phenols is 2. The molecule has 1 aliphatic heterocycles. The summed E-state index contributed by atoms with van der Waals surface area (Å²) in [6, 6.07) is 5.14. The number of hydrogen-bond donors (Lipinski definition) is 2. The number of benzene rings is 1. The molecule has 2 N–H and O–H groups in total. The molecule has 3 nitrogen and oxygen atoms in total. The van der Waals surface area contributed by atoms with Crippen molar-refractivity contribution in [3.63, 3.8) is 0 Å². The van der Waals surface area contributed by atoms with Crippen LogP contribution in [-0.2, 0) is 0 Å². The van der Waals surface area contributed by atoms with E-state index in [2.05, 4.69) is 11.5 Å². The maximum absolute atomic E-state index is 9.52. The fourth-order valence-corrected chi connectivity index (χ4v) is 2.47. The summed E-state index contributed by atoms with van der Waals surface area (Å²) >= 11 is 0. The summed E-state index contributed by atoms with van der Waals surface area (Å²) in [6.07, 6.45) is 4.23. The van der Waals surface area contributed by atoms with Gasteiger partial charge in [0.15, 0.2) is 11.5 Å². The first-order valence-electron chi connectivity index (χ1n) is 6.06. The van der Waals surface area contributed by atoms with Gasteiger partial charge in [0.05, 0.1) is 0 Å². The van der Waals surface area contributed by atoms with Crippen LogP contribution in [0.3, 0.4) is 0 Å². The van der Waals surface area contributed by atoms with E-state index in [1.165, 1.54) is 6.42 Å². The Morgan fingerprint density at radius 1 is 1.35 bits per heavy atom. The molecule has 1 heterocycles. The molecule has 0 aliphatic carbocycles. The first kappa shape index (κ1) is 12.0. The van der Waals surface area contributed by atoms with Gasteiger partial charge in [-0.2, -0.15) is 0 Å². The number of phenolic OH excluding ortho intramolecular Hbond substituents is 2. The quantitative estimate of drug-likeness (QED) is 0.622. The van der Waals surface area contributed by atoms with Crippen molar-refractivity contribution < 1.29 is 10.2 Å². The van der Waals surface area contributed by atoms with Gasteiger partial charge in [-0.3, -0.25) is 4.90 Å². The molecule has 2 rings (SSSR count). The van der Waals surface area contributed by atoms with Crippen LogP contribution in [0.15, 0.2) is 30.9 Å². The molecule has 1 atom stereocenters. The van der Waals surface area contributed by atoms with Crippen LogP contribution in [0.25, 0.3) is 0 Å². The van der Waals surface area contributed by atoms with Gasteiger partial charge in [0.1, 0.15) is 0 Å². The van der Waals surface area contributed by atoms with Crippen molar-refractivity contribution in [1.82, 2.24) is 4.90 Å². The highest BCUT2D eigenvalue weighted by molar-refractivity contribution is 5.41. The molecule has 1 saturated heterocycles. The van der Waals surface area contributed by atoms with Gasteiger partial charge >= 0.3 is 0 Å². The standard InChI is InChI=1S/C14H19NO2/c1-2-7-15-8-3-4-12(10-15)11-5-6-13(16)14(17)9-11/h2,5-6,9,12,16-17H,1,3-4,7-8,10H2. The highest BCUT2D eigenvalue weighted by Crippen LogP contribution is 2.32. The number of piperidine rings is 1. The second-order valence-corrected chi connectivity index (χ2v) is 4.64. The highest BCUT2D eigenvalue weighted by Gasteiger charge is 2.21. The fourth-order valence-electron chi connectivity index (χ4n) is 2.47. The van der Waals surface area contributed by atoms with Gasteiger partial charge in [-0.25, -0.2) is 0 Å². The predicted octanol–water partition coefficient (Wildman–Crippen LogP) is 2.46. The fraction of sp³-hybridized carbons (Fsp3) is 0.429. The molecule has 1 aromatic carbocycles. The molecule has 0 spiro atoms. The number of nitrogens with zero attached hydrogens (tertiary/aromatic N) is 1. The summed E-state index contributed by atoms with van der Waals surface area (Å²) in [4.78, 5) is 2.37. The van der Waals surface area contributed by atoms with Crippen LogP contribution in [0.2, 0.25) is 0 Å². The number of likely N-dealkylation sites (tertiary alicyclic amines) is 1. The molecule has 0 saturated carbocycles. The normalized spacial score (nSPS) is 21.3. The Hall–Kier alpha value is -1.48. The van der Waals surface area contributed by atoms with E-state index in [9.17, 15) is 10.2 Å². The molecular formula is C14H19NO2. The second kappa shape index (κ2) is 5.23. The molecule has 0 amide bonds. The van der Waals surface area contributed by atoms with Crippen molar-refractivity contribution in [2.24, 2.45) is 0 Å². The van der Waals surface area contributed by atoms with E-state index in [0.29, 0.717) is 5.92 Å². The van der Waals surface area contributed by atoms with Gasteiger partial charge in [0, 0.05) is 13.1 Å². The third kappa shape index (κ3) is 2.80. The molecule has 1 fully saturated rings. The van der Waals surface area contributed by atoms with Gasteiger partial charge in [-0.05, 0) is 43.0 Å². The molecular weight excluding hydrogens is 214 g/mol. The summed E-state index contributed by atoms with van der Waals surface area (Å²) in [5.74, 6) is 0.367. The Labute approximate surface area is 102 Å². The monoisotopic (exact) mass is 233 g/mol. The van der Waals surface area contributed by atoms with Crippen LogP contribution in [-0.4, -0.2) is 34.7 Å². The third-order valence-corrected chi connectivity index (χ3v) is 3.36. The van der Waals surface area contributed by atoms with E-state index in [-0.39, 0.29) is 11.5 Å². The van der Waals surface area contributed by atoms with Crippen LogP contribution in [0, 0.1) is 0 Å². The number of hydrogen-bond acceptors (Lipinski definition) is 3. The maximum Gasteiger partial charge on any atom is 0.157 e. The Morgan fingerprint density at radius 2 is 2.18 bits per heavy atom. The van der Waals surface area contributed by atoms with Crippen molar-refractivity contribution >= 4 is 0 Å². The Kier molecular flexibility index (Phi) is 3.69. The summed E-state index contributed by atoms with van der Waals surface area (Å²) in [5.41, 5.74) is 1.11. The molecule has 0 radical (unpaired) electrons. The summed E-state index contributed by atoms with van der Waals surface area (Å²) < 4.78 is 0. The zero-order valence-corrected chi connectivity index (χ0v) is 9.97. The van der Waals surface area contributed by atoms with Crippen LogP contribution < -0.4 is 0 Å². The summed E-state index contributed by atoms with van der Waals surface area (Å²) in [5, 5.41) is 18.8. The van der Waals surface area contributed by atoms with E-state index in [0.717, 1.165) is 31.6 Å². The largest absolute Gasteiger partial charge is 0.504 e. The minimum Gasteiger partial charge on any atom is -0.504 e. The smallest absolute Gasteiger partial charge is 0.157 e. The highest BCUT2D eigenvalue weighted by atomic mass is 16.3. The zero-order valence-electron chi connectivity index (χ0n) is 9.97. The maximum atomic E-state index is 9.52. The molecule has 17 heavy (non-hydrogen) atoms. The molecule has 1 aromatic rings. The molecule has 3 heteroatoms. The first-order valence-corrected chi connectivity index (χ1v) is 6.06. The summed E-state index contributed by atoms with van der Waals surface area (Å²) in [7, 11) is 0. The minimum atomic E-state index is -0.0486. The minimum absolute atomic E-state index is 0.0247. The van der Waals surface area contributed by atoms with Crippen molar-refractivity contribution in [3.8, 4) is 11.5 Å². The van der Waals surface area contributed by atoms with Crippen molar-refractivity contribution in [2.75, 3.05) is 19.6 Å². The first-order chi connectivity index (χ1) is 8.20. The lowest BCUT2D eigenvalue weighted by molar-refractivity contribution is 0.228. The SMILES string of the molecule is C=CCN1CCCC(c2ccc(O)c(O)c2)C1. The average Bonchev–Trinajstić information content (AvgIpc) is 2.33. The Morgan fingerprint density at radius 3 is 2.88 bits per heavy atom. The van der Waals surface area contributed by atoms with Gasteiger partial charge in [-0.15, -0.1) is 6.58 Å². The second-order valence-electron chi connectivity index (χ2n) is 4.64. The van der Waals surface area contributed by atoms with Crippen LogP contribution >= 0.6 is 0 Å². The van der Waals surface area contributed by atoms with E-state index in [4.69, 9.17) is 0 Å². The van der Waals surface area contributed by atoms with Crippen molar-refractivity contribution in [2.45, 2.75) is 18.8 Å². The van der Waals surface area contributed by atoms with Gasteiger partial charge in [-0.1, -0.05) is 12.1 Å². The van der Waals surface area contributed by atoms with Crippen molar-refractivity contribution in [3.05, 3.63) is 36.4 Å². The Balaban J connectivity index is 2.10. The Bertz CT molecular complexity index is 403. The van der Waals surface area contributed by atoms with E-state index in [1.807, 2.05) is 12.1 Å². The molecule has 0 aromatic heterocycles. The van der Waals surface area contributed by atoms with Crippen LogP contribution in [0.1, 0.15) is 24.3 Å². The van der Waals surface area contributed by atoms with Crippen molar-refractivity contribution in [1.29, 1.82) is 0 Å². The molecule has 1 aliphatic rings. The van der Waals surface area contributed by atoms with E-state index < -0.39 is 0 Å². The number of rotatable bonds is 3. The van der Waals surface area contributed by atoms with E-state index in [1.54, 1.807) is 12.1 Å². The van der Waals surface area contributed by atoms with E-state index >= 15 is 0 Å². The zero-order chi connectivity index (χ0) is 12.3. The van der Waals surface area contributed by atoms with Gasteiger partial charge < -0.3 is 10.2 Å². The lowest BCUT2D eigenvalue weighted by Crippen LogP contribution is -2.34. The lowest BCUT2D eigenvalue weighted by Gasteiger charge is -2.32. The summed E-state index contributed by atoms with van der Waals surface area (Å²) in [6.45, 7) is 6.79. The van der Waals surface area contributed by atoms with Gasteiger partial charge in [0.2, 0.25) is 0 Å². The topological polar surface area (TPSA) is 43.7 Å². The lowest BCUT2D eigenvalue weighted by atomic mass is 9.90. The van der Waals surface area contributed by atoms with Gasteiger partial charge in [0.25, 0.3) is 0 Å². The van der Waals surface area contributed by atoms with Crippen LogP contribution in [0.5, 0.6) is 11.5 Å².